The molecule has 1 fully saturated rings. The fraction of sp³-hybridized carbons (Fsp3) is 0.500. The number of ether oxygens (including phenoxy) is 3. The molecular formula is C12H14INO4. The van der Waals surface area contributed by atoms with Gasteiger partial charge in [0.05, 0.1) is 13.2 Å². The molecule has 6 heteroatoms. The number of rotatable bonds is 4. The number of methoxy groups -OCH3 is 1. The summed E-state index contributed by atoms with van der Waals surface area (Å²) in [5.74, 6) is -0.126. The third-order valence-corrected chi connectivity index (χ3v) is 3.58. The third kappa shape index (κ3) is 3.11. The number of halogens is 1. The Morgan fingerprint density at radius 2 is 2.50 bits per heavy atom. The Balaban J connectivity index is 2.11. The van der Waals surface area contributed by atoms with E-state index < -0.39 is 5.97 Å². The standard InChI is InChI=1S/C12H14INO4/c1-16-12(15)10-9(13)4-5-14-11(10)18-7-8-3-2-6-17-8/h4-5,8H,2-3,6-7H2,1H3. The van der Waals surface area contributed by atoms with Crippen LogP contribution in [-0.2, 0) is 9.47 Å². The smallest absolute Gasteiger partial charge is 0.344 e. The predicted molar refractivity (Wildman–Crippen MR) is 72.8 cm³/mol. The van der Waals surface area contributed by atoms with Crippen molar-refractivity contribution in [1.82, 2.24) is 4.98 Å². The van der Waals surface area contributed by atoms with Gasteiger partial charge >= 0.3 is 5.97 Å². The van der Waals surface area contributed by atoms with Crippen molar-refractivity contribution in [3.8, 4) is 5.88 Å². The van der Waals surface area contributed by atoms with Crippen LogP contribution < -0.4 is 4.74 Å². The van der Waals surface area contributed by atoms with E-state index in [9.17, 15) is 4.79 Å². The van der Waals surface area contributed by atoms with Crippen molar-refractivity contribution in [1.29, 1.82) is 0 Å². The van der Waals surface area contributed by atoms with E-state index >= 15 is 0 Å². The zero-order valence-corrected chi connectivity index (χ0v) is 12.2. The van der Waals surface area contributed by atoms with E-state index in [0.717, 1.165) is 23.0 Å². The van der Waals surface area contributed by atoms with Gasteiger partial charge in [-0.3, -0.25) is 0 Å². The second-order valence-electron chi connectivity index (χ2n) is 3.91. The first kappa shape index (κ1) is 13.5. The maximum absolute atomic E-state index is 11.7. The molecule has 0 amide bonds. The van der Waals surface area contributed by atoms with Crippen molar-refractivity contribution >= 4 is 28.6 Å². The van der Waals surface area contributed by atoms with E-state index in [1.807, 2.05) is 0 Å². The normalized spacial score (nSPS) is 18.7. The molecule has 98 valence electrons. The van der Waals surface area contributed by atoms with E-state index in [1.165, 1.54) is 7.11 Å². The van der Waals surface area contributed by atoms with Crippen LogP contribution in [0.1, 0.15) is 23.2 Å². The van der Waals surface area contributed by atoms with Gasteiger partial charge in [-0.15, -0.1) is 0 Å². The third-order valence-electron chi connectivity index (χ3n) is 2.68. The van der Waals surface area contributed by atoms with Gasteiger partial charge < -0.3 is 14.2 Å². The molecule has 0 N–H and O–H groups in total. The molecule has 2 heterocycles. The number of aromatic nitrogens is 1. The van der Waals surface area contributed by atoms with Crippen molar-refractivity contribution in [2.45, 2.75) is 18.9 Å². The molecule has 1 aromatic heterocycles. The lowest BCUT2D eigenvalue weighted by Gasteiger charge is -2.13. The molecule has 2 rings (SSSR count). The van der Waals surface area contributed by atoms with E-state index in [-0.39, 0.29) is 6.10 Å². The topological polar surface area (TPSA) is 57.7 Å². The summed E-state index contributed by atoms with van der Waals surface area (Å²) in [4.78, 5) is 15.8. The van der Waals surface area contributed by atoms with Crippen LogP contribution in [0.2, 0.25) is 0 Å². The molecule has 0 spiro atoms. The highest BCUT2D eigenvalue weighted by Gasteiger charge is 2.21. The summed E-state index contributed by atoms with van der Waals surface area (Å²) in [6, 6.07) is 1.74. The van der Waals surface area contributed by atoms with Crippen LogP contribution in [-0.4, -0.2) is 37.4 Å². The Hall–Kier alpha value is -0.890. The van der Waals surface area contributed by atoms with E-state index in [4.69, 9.17) is 14.2 Å². The summed E-state index contributed by atoms with van der Waals surface area (Å²) in [6.07, 6.45) is 3.74. The first-order chi connectivity index (χ1) is 8.72. The fourth-order valence-electron chi connectivity index (χ4n) is 1.76. The molecule has 18 heavy (non-hydrogen) atoms. The van der Waals surface area contributed by atoms with E-state index in [1.54, 1.807) is 12.3 Å². The Morgan fingerprint density at radius 3 is 3.17 bits per heavy atom. The highest BCUT2D eigenvalue weighted by Crippen LogP contribution is 2.23. The molecule has 0 radical (unpaired) electrons. The summed E-state index contributed by atoms with van der Waals surface area (Å²) in [5.41, 5.74) is 0.374. The lowest BCUT2D eigenvalue weighted by molar-refractivity contribution is 0.0559. The largest absolute Gasteiger partial charge is 0.474 e. The van der Waals surface area contributed by atoms with Crippen molar-refractivity contribution < 1.29 is 19.0 Å². The summed E-state index contributed by atoms with van der Waals surface area (Å²) in [5, 5.41) is 0. The SMILES string of the molecule is COC(=O)c1c(I)ccnc1OCC1CCCO1. The lowest BCUT2D eigenvalue weighted by Crippen LogP contribution is -2.18. The van der Waals surface area contributed by atoms with Gasteiger partial charge in [0.2, 0.25) is 5.88 Å². The average molecular weight is 363 g/mol. The van der Waals surface area contributed by atoms with Crippen molar-refractivity contribution in [2.75, 3.05) is 20.3 Å². The minimum Gasteiger partial charge on any atom is -0.474 e. The van der Waals surface area contributed by atoms with Gasteiger partial charge in [0.1, 0.15) is 12.2 Å². The first-order valence-electron chi connectivity index (χ1n) is 5.69. The van der Waals surface area contributed by atoms with Crippen LogP contribution in [0.3, 0.4) is 0 Å². The van der Waals surface area contributed by atoms with E-state index in [2.05, 4.69) is 27.6 Å². The van der Waals surface area contributed by atoms with Crippen LogP contribution in [0, 0.1) is 3.57 Å². The van der Waals surface area contributed by atoms with Gasteiger partial charge in [-0.05, 0) is 41.5 Å². The first-order valence-corrected chi connectivity index (χ1v) is 6.77. The molecule has 1 aliphatic heterocycles. The molecule has 1 atom stereocenters. The molecule has 0 saturated carbocycles. The van der Waals surface area contributed by atoms with Crippen molar-refractivity contribution in [3.63, 3.8) is 0 Å². The highest BCUT2D eigenvalue weighted by molar-refractivity contribution is 14.1. The minimum absolute atomic E-state index is 0.0927. The summed E-state index contributed by atoms with van der Waals surface area (Å²) in [7, 11) is 1.34. The lowest BCUT2D eigenvalue weighted by atomic mass is 10.2. The molecule has 5 nitrogen and oxygen atoms in total. The highest BCUT2D eigenvalue weighted by atomic mass is 127. The Labute approximate surface area is 119 Å². The zero-order valence-electron chi connectivity index (χ0n) is 10.0. The zero-order chi connectivity index (χ0) is 13.0. The second kappa shape index (κ2) is 6.33. The molecule has 0 aliphatic carbocycles. The van der Waals surface area contributed by atoms with Crippen LogP contribution >= 0.6 is 22.6 Å². The molecule has 1 aromatic rings. The maximum Gasteiger partial charge on any atom is 0.344 e. The molecule has 1 unspecified atom stereocenters. The van der Waals surface area contributed by atoms with Crippen LogP contribution in [0.5, 0.6) is 5.88 Å². The van der Waals surface area contributed by atoms with Gasteiger partial charge in [0.15, 0.2) is 0 Å². The van der Waals surface area contributed by atoms with Gasteiger partial charge in [-0.1, -0.05) is 0 Å². The number of carbonyl (C=O) groups excluding carboxylic acids is 1. The number of pyridine rings is 1. The van der Waals surface area contributed by atoms with Gasteiger partial charge in [0.25, 0.3) is 0 Å². The van der Waals surface area contributed by atoms with Crippen molar-refractivity contribution in [3.05, 3.63) is 21.4 Å². The Bertz CT molecular complexity index is 432. The molecular weight excluding hydrogens is 349 g/mol. The van der Waals surface area contributed by atoms with Gasteiger partial charge in [0, 0.05) is 16.4 Å². The van der Waals surface area contributed by atoms with Crippen LogP contribution in [0.4, 0.5) is 0 Å². The van der Waals surface area contributed by atoms with Crippen molar-refractivity contribution in [2.24, 2.45) is 0 Å². The molecule has 0 aromatic carbocycles. The number of carbonyl (C=O) groups is 1. The molecule has 1 saturated heterocycles. The Kier molecular flexibility index (Phi) is 4.76. The quantitative estimate of drug-likeness (QED) is 0.605. The van der Waals surface area contributed by atoms with Gasteiger partial charge in [-0.2, -0.15) is 0 Å². The summed E-state index contributed by atoms with van der Waals surface area (Å²) >= 11 is 2.06. The van der Waals surface area contributed by atoms with Crippen LogP contribution in [0.15, 0.2) is 12.3 Å². The minimum atomic E-state index is -0.435. The predicted octanol–water partition coefficient (Wildman–Crippen LogP) is 2.03. The maximum atomic E-state index is 11.7. The summed E-state index contributed by atoms with van der Waals surface area (Å²) < 4.78 is 16.5. The average Bonchev–Trinajstić information content (AvgIpc) is 2.88. The number of hydrogen-bond donors (Lipinski definition) is 0. The molecule has 1 aliphatic rings. The van der Waals surface area contributed by atoms with Gasteiger partial charge in [-0.25, -0.2) is 9.78 Å². The Morgan fingerprint density at radius 1 is 1.67 bits per heavy atom. The second-order valence-corrected chi connectivity index (χ2v) is 5.07. The summed E-state index contributed by atoms with van der Waals surface area (Å²) in [6.45, 7) is 1.19. The monoisotopic (exact) mass is 363 g/mol. The van der Waals surface area contributed by atoms with Crippen LogP contribution in [0.25, 0.3) is 0 Å². The number of esters is 1. The number of hydrogen-bond acceptors (Lipinski definition) is 5. The molecule has 0 bridgehead atoms. The van der Waals surface area contributed by atoms with E-state index in [0.29, 0.717) is 18.1 Å². The fourth-order valence-corrected chi connectivity index (χ4v) is 2.38. The number of nitrogens with zero attached hydrogens (tertiary/aromatic N) is 1.